The zero-order chi connectivity index (χ0) is 9.35. The van der Waals surface area contributed by atoms with Gasteiger partial charge < -0.3 is 0 Å². The molecule has 4 heteroatoms. The predicted molar refractivity (Wildman–Crippen MR) is 40.0 cm³/mol. The Kier molecular flexibility index (Phi) is 2.33. The lowest BCUT2D eigenvalue weighted by Crippen LogP contribution is -2.06. The van der Waals surface area contributed by atoms with E-state index in [-0.39, 0.29) is 5.02 Å². The quantitative estimate of drug-likeness (QED) is 0.592. The molecule has 1 aromatic carbocycles. The standard InChI is InChI=1S/C8H5ClF3/c1-5-3-2-4-6(7(5)9)8(10,11)12/h3-4H,1H3. The molecule has 0 unspecified atom stereocenters. The van der Waals surface area contributed by atoms with Crippen LogP contribution in [-0.4, -0.2) is 0 Å². The first kappa shape index (κ1) is 9.39. The second-order valence-electron chi connectivity index (χ2n) is 2.36. The third kappa shape index (κ3) is 1.72. The third-order valence-electron chi connectivity index (χ3n) is 1.42. The van der Waals surface area contributed by atoms with Gasteiger partial charge in [-0.05, 0) is 30.7 Å². The summed E-state index contributed by atoms with van der Waals surface area (Å²) in [5.74, 6) is 0. The smallest absolute Gasteiger partial charge is 0.166 e. The average Bonchev–Trinajstić information content (AvgIpc) is 1.92. The van der Waals surface area contributed by atoms with Crippen molar-refractivity contribution < 1.29 is 13.2 Å². The van der Waals surface area contributed by atoms with E-state index in [1.54, 1.807) is 0 Å². The lowest BCUT2D eigenvalue weighted by atomic mass is 10.1. The Hall–Kier alpha value is -0.700. The maximum Gasteiger partial charge on any atom is 0.417 e. The van der Waals surface area contributed by atoms with Crippen LogP contribution in [0, 0.1) is 13.0 Å². The van der Waals surface area contributed by atoms with E-state index in [9.17, 15) is 13.2 Å². The van der Waals surface area contributed by atoms with Crippen LogP contribution >= 0.6 is 11.6 Å². The summed E-state index contributed by atoms with van der Waals surface area (Å²) in [5.41, 5.74) is -0.448. The third-order valence-corrected chi connectivity index (χ3v) is 1.92. The Labute approximate surface area is 73.0 Å². The molecular weight excluding hydrogens is 189 g/mol. The largest absolute Gasteiger partial charge is 0.417 e. The Morgan fingerprint density at radius 3 is 2.33 bits per heavy atom. The molecule has 0 spiro atoms. The molecule has 1 rings (SSSR count). The van der Waals surface area contributed by atoms with Gasteiger partial charge in [0.2, 0.25) is 0 Å². The van der Waals surface area contributed by atoms with E-state index in [1.807, 2.05) is 0 Å². The van der Waals surface area contributed by atoms with Crippen molar-refractivity contribution in [1.29, 1.82) is 0 Å². The van der Waals surface area contributed by atoms with E-state index in [4.69, 9.17) is 11.6 Å². The topological polar surface area (TPSA) is 0 Å². The lowest BCUT2D eigenvalue weighted by molar-refractivity contribution is -0.137. The van der Waals surface area contributed by atoms with Crippen molar-refractivity contribution in [2.45, 2.75) is 13.1 Å². The van der Waals surface area contributed by atoms with Crippen LogP contribution < -0.4 is 0 Å². The molecule has 65 valence electrons. The first-order chi connectivity index (χ1) is 5.43. The van der Waals surface area contributed by atoms with Crippen molar-refractivity contribution in [3.8, 4) is 0 Å². The number of hydrogen-bond donors (Lipinski definition) is 0. The summed E-state index contributed by atoms with van der Waals surface area (Å²) in [6.45, 7) is 1.51. The van der Waals surface area contributed by atoms with Crippen LogP contribution in [0.15, 0.2) is 12.1 Å². The Balaban J connectivity index is 3.26. The molecule has 0 heterocycles. The van der Waals surface area contributed by atoms with Gasteiger partial charge in [0.15, 0.2) is 0 Å². The van der Waals surface area contributed by atoms with Gasteiger partial charge in [0.05, 0.1) is 10.6 Å². The molecule has 0 nitrogen and oxygen atoms in total. The molecule has 0 aliphatic heterocycles. The zero-order valence-electron chi connectivity index (χ0n) is 6.17. The van der Waals surface area contributed by atoms with Gasteiger partial charge in [-0.3, -0.25) is 0 Å². The minimum absolute atomic E-state index is 0.249. The van der Waals surface area contributed by atoms with E-state index in [0.29, 0.717) is 5.56 Å². The van der Waals surface area contributed by atoms with Crippen molar-refractivity contribution >= 4 is 11.6 Å². The molecule has 0 aliphatic rings. The van der Waals surface area contributed by atoms with Gasteiger partial charge in [0.25, 0.3) is 0 Å². The molecular formula is C8H5ClF3. The fraction of sp³-hybridized carbons (Fsp3) is 0.250. The Morgan fingerprint density at radius 2 is 1.92 bits per heavy atom. The fourth-order valence-electron chi connectivity index (χ4n) is 0.795. The minimum Gasteiger partial charge on any atom is -0.166 e. The number of rotatable bonds is 0. The molecule has 0 saturated heterocycles. The molecule has 1 aromatic rings. The summed E-state index contributed by atoms with van der Waals surface area (Å²) in [5, 5.41) is -0.249. The van der Waals surface area contributed by atoms with E-state index < -0.39 is 11.7 Å². The van der Waals surface area contributed by atoms with Gasteiger partial charge in [-0.1, -0.05) is 11.6 Å². The zero-order valence-corrected chi connectivity index (χ0v) is 6.92. The fourth-order valence-corrected chi connectivity index (χ4v) is 1.01. The van der Waals surface area contributed by atoms with Crippen LogP contribution in [0.1, 0.15) is 11.1 Å². The summed E-state index contributed by atoms with van der Waals surface area (Å²) in [4.78, 5) is 0. The first-order valence-electron chi connectivity index (χ1n) is 3.16. The lowest BCUT2D eigenvalue weighted by Gasteiger charge is -2.09. The van der Waals surface area contributed by atoms with Crippen molar-refractivity contribution in [3.63, 3.8) is 0 Å². The highest BCUT2D eigenvalue weighted by Crippen LogP contribution is 2.35. The van der Waals surface area contributed by atoms with Crippen molar-refractivity contribution in [1.82, 2.24) is 0 Å². The monoisotopic (exact) mass is 193 g/mol. The molecule has 0 fully saturated rings. The maximum atomic E-state index is 12.1. The van der Waals surface area contributed by atoms with Gasteiger partial charge in [-0.2, -0.15) is 13.2 Å². The predicted octanol–water partition coefficient (Wildman–Crippen LogP) is 3.47. The van der Waals surface area contributed by atoms with E-state index in [1.165, 1.54) is 13.0 Å². The molecule has 0 saturated carbocycles. The van der Waals surface area contributed by atoms with Gasteiger partial charge in [-0.15, -0.1) is 0 Å². The van der Waals surface area contributed by atoms with E-state index >= 15 is 0 Å². The van der Waals surface area contributed by atoms with Gasteiger partial charge in [0, 0.05) is 0 Å². The van der Waals surface area contributed by atoms with Crippen molar-refractivity contribution in [2.75, 3.05) is 0 Å². The summed E-state index contributed by atoms with van der Waals surface area (Å²) >= 11 is 5.44. The molecule has 0 aliphatic carbocycles. The summed E-state index contributed by atoms with van der Waals surface area (Å²) in [6, 6.07) is 4.63. The first-order valence-corrected chi connectivity index (χ1v) is 3.54. The molecule has 0 amide bonds. The van der Waals surface area contributed by atoms with Gasteiger partial charge in [0.1, 0.15) is 0 Å². The SMILES string of the molecule is Cc1c[c]cc(C(F)(F)F)c1Cl. The number of aryl methyl sites for hydroxylation is 1. The van der Waals surface area contributed by atoms with Crippen molar-refractivity contribution in [3.05, 3.63) is 34.3 Å². The number of halogens is 4. The molecule has 0 bridgehead atoms. The van der Waals surface area contributed by atoms with Crippen molar-refractivity contribution in [2.24, 2.45) is 0 Å². The summed E-state index contributed by atoms with van der Waals surface area (Å²) < 4.78 is 36.4. The summed E-state index contributed by atoms with van der Waals surface area (Å²) in [7, 11) is 0. The Bertz CT molecular complexity index is 291. The molecule has 1 radical (unpaired) electrons. The van der Waals surface area contributed by atoms with Gasteiger partial charge >= 0.3 is 6.18 Å². The summed E-state index contributed by atoms with van der Waals surface area (Å²) in [6.07, 6.45) is -4.39. The highest BCUT2D eigenvalue weighted by Gasteiger charge is 2.33. The number of benzene rings is 1. The highest BCUT2D eigenvalue weighted by atomic mass is 35.5. The number of hydrogen-bond acceptors (Lipinski definition) is 0. The molecule has 0 aromatic heterocycles. The van der Waals surface area contributed by atoms with E-state index in [2.05, 4.69) is 6.07 Å². The second kappa shape index (κ2) is 2.98. The van der Waals surface area contributed by atoms with E-state index in [0.717, 1.165) is 6.07 Å². The van der Waals surface area contributed by atoms with Crippen LogP contribution in [0.3, 0.4) is 0 Å². The molecule has 0 atom stereocenters. The second-order valence-corrected chi connectivity index (χ2v) is 2.74. The van der Waals surface area contributed by atoms with Gasteiger partial charge in [-0.25, -0.2) is 0 Å². The minimum atomic E-state index is -4.39. The van der Waals surface area contributed by atoms with Crippen LogP contribution in [0.25, 0.3) is 0 Å². The molecule has 0 N–H and O–H groups in total. The van der Waals surface area contributed by atoms with Crippen LogP contribution in [0.4, 0.5) is 13.2 Å². The average molecular weight is 194 g/mol. The Morgan fingerprint density at radius 1 is 1.33 bits per heavy atom. The number of alkyl halides is 3. The highest BCUT2D eigenvalue weighted by molar-refractivity contribution is 6.32. The van der Waals surface area contributed by atoms with Crippen LogP contribution in [0.5, 0.6) is 0 Å². The molecule has 12 heavy (non-hydrogen) atoms. The van der Waals surface area contributed by atoms with Crippen LogP contribution in [0.2, 0.25) is 5.02 Å². The maximum absolute atomic E-state index is 12.1. The van der Waals surface area contributed by atoms with Crippen LogP contribution in [-0.2, 0) is 6.18 Å². The normalized spacial score (nSPS) is 11.8.